The first-order valence-electron chi connectivity index (χ1n) is 11.0. The number of aryl methyl sites for hydroxylation is 1. The lowest BCUT2D eigenvalue weighted by atomic mass is 10.1. The van der Waals surface area contributed by atoms with Gasteiger partial charge >= 0.3 is 0 Å². The molecule has 166 valence electrons. The summed E-state index contributed by atoms with van der Waals surface area (Å²) >= 11 is 1.29. The second-order valence-electron chi connectivity index (χ2n) is 8.39. The Hall–Kier alpha value is -3.45. The van der Waals surface area contributed by atoms with Crippen molar-refractivity contribution < 1.29 is 4.79 Å². The number of hydrogen-bond donors (Lipinski definition) is 0. The van der Waals surface area contributed by atoms with Gasteiger partial charge < -0.3 is 4.90 Å². The Morgan fingerprint density at radius 1 is 1.12 bits per heavy atom. The molecule has 2 unspecified atom stereocenters. The zero-order chi connectivity index (χ0) is 23.1. The van der Waals surface area contributed by atoms with Crippen LogP contribution in [0.15, 0.2) is 76.8 Å². The molecule has 3 heterocycles. The first kappa shape index (κ1) is 21.4. The molecule has 0 N–H and O–H groups in total. The number of hydrogen-bond acceptors (Lipinski definition) is 5. The van der Waals surface area contributed by atoms with Gasteiger partial charge in [0.15, 0.2) is 5.16 Å². The SMILES string of the molecule is Cc1ccnc(-n2c(SC(C)C(=O)N3c4ccccc4CC3C)nc3ccccc3c2=O)c1. The quantitative estimate of drug-likeness (QED) is 0.333. The molecule has 2 aromatic heterocycles. The van der Waals surface area contributed by atoms with E-state index in [-0.39, 0.29) is 17.5 Å². The second-order valence-corrected chi connectivity index (χ2v) is 9.70. The largest absolute Gasteiger partial charge is 0.308 e. The molecule has 4 aromatic rings. The Morgan fingerprint density at radius 3 is 2.70 bits per heavy atom. The first-order chi connectivity index (χ1) is 15.9. The number of carbonyl (C=O) groups is 1. The van der Waals surface area contributed by atoms with Crippen LogP contribution in [0.2, 0.25) is 0 Å². The van der Waals surface area contributed by atoms with Gasteiger partial charge in [0.05, 0.1) is 16.2 Å². The van der Waals surface area contributed by atoms with Crippen molar-refractivity contribution >= 4 is 34.3 Å². The Morgan fingerprint density at radius 2 is 1.88 bits per heavy atom. The molecule has 0 saturated heterocycles. The minimum Gasteiger partial charge on any atom is -0.308 e. The lowest BCUT2D eigenvalue weighted by Gasteiger charge is -2.26. The molecule has 33 heavy (non-hydrogen) atoms. The van der Waals surface area contributed by atoms with Crippen molar-refractivity contribution in [2.75, 3.05) is 4.90 Å². The van der Waals surface area contributed by atoms with Crippen LogP contribution in [0.1, 0.15) is 25.0 Å². The van der Waals surface area contributed by atoms with Crippen LogP contribution in [0, 0.1) is 6.92 Å². The average Bonchev–Trinajstić information content (AvgIpc) is 3.14. The Kier molecular flexibility index (Phi) is 5.50. The molecule has 0 radical (unpaired) electrons. The topological polar surface area (TPSA) is 68.1 Å². The Labute approximate surface area is 196 Å². The molecule has 2 atom stereocenters. The molecule has 2 aromatic carbocycles. The Balaban J connectivity index is 1.57. The summed E-state index contributed by atoms with van der Waals surface area (Å²) in [7, 11) is 0. The van der Waals surface area contributed by atoms with E-state index in [4.69, 9.17) is 4.98 Å². The number of amides is 1. The molecular weight excluding hydrogens is 432 g/mol. The maximum Gasteiger partial charge on any atom is 0.267 e. The summed E-state index contributed by atoms with van der Waals surface area (Å²) in [5, 5.41) is 0.534. The summed E-state index contributed by atoms with van der Waals surface area (Å²) in [5.41, 5.74) is 3.55. The smallest absolute Gasteiger partial charge is 0.267 e. The normalized spacial score (nSPS) is 16.1. The molecule has 7 heteroatoms. The van der Waals surface area contributed by atoms with E-state index in [0.717, 1.165) is 17.7 Å². The van der Waals surface area contributed by atoms with Crippen LogP contribution in [-0.2, 0) is 11.2 Å². The minimum absolute atomic E-state index is 0.00334. The van der Waals surface area contributed by atoms with Crippen LogP contribution >= 0.6 is 11.8 Å². The number of benzene rings is 2. The van der Waals surface area contributed by atoms with Crippen LogP contribution < -0.4 is 10.5 Å². The maximum atomic E-state index is 13.5. The predicted octanol–water partition coefficient (Wildman–Crippen LogP) is 4.55. The molecule has 1 aliphatic rings. The molecule has 6 nitrogen and oxygen atoms in total. The molecule has 0 saturated carbocycles. The van der Waals surface area contributed by atoms with Crippen molar-refractivity contribution in [1.29, 1.82) is 0 Å². The number of fused-ring (bicyclic) bond motifs is 2. The third kappa shape index (κ3) is 3.82. The molecule has 0 aliphatic carbocycles. The van der Waals surface area contributed by atoms with E-state index in [1.807, 2.05) is 67.3 Å². The van der Waals surface area contributed by atoms with Crippen LogP contribution in [0.5, 0.6) is 0 Å². The fourth-order valence-corrected chi connectivity index (χ4v) is 5.31. The molecule has 1 aliphatic heterocycles. The van der Waals surface area contributed by atoms with Crippen molar-refractivity contribution in [2.45, 2.75) is 43.6 Å². The van der Waals surface area contributed by atoms with Crippen molar-refractivity contribution in [2.24, 2.45) is 0 Å². The van der Waals surface area contributed by atoms with E-state index >= 15 is 0 Å². The van der Waals surface area contributed by atoms with Crippen LogP contribution in [-0.4, -0.2) is 31.7 Å². The third-order valence-corrected chi connectivity index (χ3v) is 6.99. The number of thioether (sulfide) groups is 1. The predicted molar refractivity (Wildman–Crippen MR) is 132 cm³/mol. The van der Waals surface area contributed by atoms with Gasteiger partial charge in [-0.05, 0) is 68.7 Å². The van der Waals surface area contributed by atoms with E-state index in [1.54, 1.807) is 12.3 Å². The zero-order valence-corrected chi connectivity index (χ0v) is 19.5. The van der Waals surface area contributed by atoms with Crippen molar-refractivity contribution in [3.8, 4) is 5.82 Å². The average molecular weight is 457 g/mol. The highest BCUT2D eigenvalue weighted by Crippen LogP contribution is 2.35. The lowest BCUT2D eigenvalue weighted by Crippen LogP contribution is -2.40. The van der Waals surface area contributed by atoms with E-state index in [0.29, 0.717) is 21.9 Å². The van der Waals surface area contributed by atoms with Crippen LogP contribution in [0.3, 0.4) is 0 Å². The van der Waals surface area contributed by atoms with Crippen LogP contribution in [0.4, 0.5) is 5.69 Å². The summed E-state index contributed by atoms with van der Waals surface area (Å²) < 4.78 is 1.52. The maximum absolute atomic E-state index is 13.5. The number of para-hydroxylation sites is 2. The van der Waals surface area contributed by atoms with Crippen molar-refractivity contribution in [3.63, 3.8) is 0 Å². The number of carbonyl (C=O) groups excluding carboxylic acids is 1. The monoisotopic (exact) mass is 456 g/mol. The standard InChI is InChI=1S/C26H24N4O2S/c1-16-12-13-27-23(14-16)30-25(32)20-9-5-6-10-21(20)28-26(30)33-18(3)24(31)29-17(2)15-19-8-4-7-11-22(19)29/h4-14,17-18H,15H2,1-3H3. The second kappa shape index (κ2) is 8.48. The van der Waals surface area contributed by atoms with Gasteiger partial charge in [0.1, 0.15) is 5.82 Å². The zero-order valence-electron chi connectivity index (χ0n) is 18.7. The summed E-state index contributed by atoms with van der Waals surface area (Å²) in [6.45, 7) is 5.89. The highest BCUT2D eigenvalue weighted by molar-refractivity contribution is 8.00. The minimum atomic E-state index is -0.442. The molecule has 0 bridgehead atoms. The fraction of sp³-hybridized carbons (Fsp3) is 0.231. The highest BCUT2D eigenvalue weighted by Gasteiger charge is 2.34. The van der Waals surface area contributed by atoms with Gasteiger partial charge in [-0.25, -0.2) is 14.5 Å². The van der Waals surface area contributed by atoms with Gasteiger partial charge in [0.2, 0.25) is 5.91 Å². The number of rotatable bonds is 4. The third-order valence-electron chi connectivity index (χ3n) is 5.95. The first-order valence-corrected chi connectivity index (χ1v) is 11.8. The lowest BCUT2D eigenvalue weighted by molar-refractivity contribution is -0.118. The van der Waals surface area contributed by atoms with Crippen molar-refractivity contribution in [3.05, 3.63) is 88.3 Å². The number of anilines is 1. The van der Waals surface area contributed by atoms with E-state index in [2.05, 4.69) is 18.0 Å². The molecule has 1 amide bonds. The number of nitrogens with zero attached hydrogens (tertiary/aromatic N) is 4. The van der Waals surface area contributed by atoms with E-state index in [1.165, 1.54) is 21.9 Å². The van der Waals surface area contributed by atoms with E-state index < -0.39 is 5.25 Å². The van der Waals surface area contributed by atoms with Crippen LogP contribution in [0.25, 0.3) is 16.7 Å². The molecular formula is C26H24N4O2S. The van der Waals surface area contributed by atoms with Gasteiger partial charge in [0.25, 0.3) is 5.56 Å². The summed E-state index contributed by atoms with van der Waals surface area (Å²) in [4.78, 5) is 38.1. The van der Waals surface area contributed by atoms with Gasteiger partial charge in [0, 0.05) is 17.9 Å². The molecule has 5 rings (SSSR count). The highest BCUT2D eigenvalue weighted by atomic mass is 32.2. The number of pyridine rings is 1. The Bertz CT molecular complexity index is 1430. The van der Waals surface area contributed by atoms with Gasteiger partial charge in [-0.1, -0.05) is 42.1 Å². The van der Waals surface area contributed by atoms with Gasteiger partial charge in [-0.15, -0.1) is 0 Å². The van der Waals surface area contributed by atoms with Crippen molar-refractivity contribution in [1.82, 2.24) is 14.5 Å². The fourth-order valence-electron chi connectivity index (χ4n) is 4.34. The summed E-state index contributed by atoms with van der Waals surface area (Å²) in [6.07, 6.45) is 2.52. The molecule has 0 fully saturated rings. The van der Waals surface area contributed by atoms with Gasteiger partial charge in [-0.2, -0.15) is 0 Å². The van der Waals surface area contributed by atoms with E-state index in [9.17, 15) is 9.59 Å². The summed E-state index contributed by atoms with van der Waals surface area (Å²) in [6, 6.07) is 19.1. The van der Waals surface area contributed by atoms with Gasteiger partial charge in [-0.3, -0.25) is 9.59 Å². The molecule has 0 spiro atoms. The summed E-state index contributed by atoms with van der Waals surface area (Å²) in [5.74, 6) is 0.504. The number of aromatic nitrogens is 3.